The van der Waals surface area contributed by atoms with Gasteiger partial charge in [0.25, 0.3) is 0 Å². The van der Waals surface area contributed by atoms with Crippen molar-refractivity contribution in [3.05, 3.63) is 0 Å². The summed E-state index contributed by atoms with van der Waals surface area (Å²) >= 11 is 2.63. The van der Waals surface area contributed by atoms with Crippen LogP contribution < -0.4 is 0 Å². The molecule has 0 heterocycles. The van der Waals surface area contributed by atoms with Crippen LogP contribution >= 0.6 is 12.6 Å². The monoisotopic (exact) mass is 396 g/mol. The molecule has 0 aliphatic rings. The Morgan fingerprint density at radius 1 is 0.583 bits per heavy atom. The molecule has 11 heteroatoms. The highest BCUT2D eigenvalue weighted by Crippen LogP contribution is 2.58. The van der Waals surface area contributed by atoms with Crippen molar-refractivity contribution >= 4 is 12.6 Å². The maximum absolute atomic E-state index is 13.8. The van der Waals surface area contributed by atoms with E-state index < -0.39 is 41.8 Å². The van der Waals surface area contributed by atoms with Gasteiger partial charge in [-0.1, -0.05) is 39.0 Å². The molecule has 0 saturated heterocycles. The standard InChI is InChI=1S/C13H18F10S/c1-2-3-4-5-6-7-8-9(14,24)10(15,16)11(17,18)12(19,20)13(21,22)23/h24H,2-8H2,1H3. The molecule has 0 N–H and O–H groups in total. The average molecular weight is 396 g/mol. The summed E-state index contributed by atoms with van der Waals surface area (Å²) in [7, 11) is 0. The number of thiol groups is 1. The molecule has 24 heavy (non-hydrogen) atoms. The van der Waals surface area contributed by atoms with Gasteiger partial charge in [-0.05, 0) is 12.8 Å². The van der Waals surface area contributed by atoms with Gasteiger partial charge in [-0.25, -0.2) is 4.39 Å². The Balaban J connectivity index is 5.11. The zero-order chi connectivity index (χ0) is 19.4. The van der Waals surface area contributed by atoms with Gasteiger partial charge >= 0.3 is 23.9 Å². The van der Waals surface area contributed by atoms with Crippen molar-refractivity contribution in [2.75, 3.05) is 0 Å². The van der Waals surface area contributed by atoms with Gasteiger partial charge < -0.3 is 0 Å². The fourth-order valence-corrected chi connectivity index (χ4v) is 2.21. The highest BCUT2D eigenvalue weighted by Gasteiger charge is 2.85. The fourth-order valence-electron chi connectivity index (χ4n) is 1.91. The van der Waals surface area contributed by atoms with Crippen molar-refractivity contribution in [1.82, 2.24) is 0 Å². The molecule has 0 bridgehead atoms. The molecule has 0 amide bonds. The Bertz CT molecular complexity index is 389. The van der Waals surface area contributed by atoms with E-state index in [4.69, 9.17) is 0 Å². The molecule has 0 aromatic rings. The van der Waals surface area contributed by atoms with Crippen LogP contribution in [0.5, 0.6) is 0 Å². The van der Waals surface area contributed by atoms with E-state index in [9.17, 15) is 43.9 Å². The first-order chi connectivity index (χ1) is 10.6. The summed E-state index contributed by atoms with van der Waals surface area (Å²) in [6.07, 6.45) is -5.87. The third-order valence-corrected chi connectivity index (χ3v) is 3.99. The lowest BCUT2D eigenvalue weighted by Gasteiger charge is -2.38. The molecule has 0 aromatic heterocycles. The number of hydrogen-bond donors (Lipinski definition) is 1. The van der Waals surface area contributed by atoms with Crippen LogP contribution in [0.15, 0.2) is 0 Å². The van der Waals surface area contributed by atoms with Crippen molar-refractivity contribution < 1.29 is 43.9 Å². The number of alkyl halides is 10. The lowest BCUT2D eigenvalue weighted by Crippen LogP contribution is -2.66. The van der Waals surface area contributed by atoms with Crippen LogP contribution in [0.4, 0.5) is 43.9 Å². The van der Waals surface area contributed by atoms with Crippen molar-refractivity contribution in [3.63, 3.8) is 0 Å². The molecule has 0 aliphatic heterocycles. The average Bonchev–Trinajstić information content (AvgIpc) is 2.40. The summed E-state index contributed by atoms with van der Waals surface area (Å²) in [5.74, 6) is -20.4. The van der Waals surface area contributed by atoms with E-state index in [1.54, 1.807) is 0 Å². The topological polar surface area (TPSA) is 0 Å². The number of halogens is 10. The minimum Gasteiger partial charge on any atom is -0.225 e. The Morgan fingerprint density at radius 2 is 1.00 bits per heavy atom. The minimum absolute atomic E-state index is 0.129. The largest absolute Gasteiger partial charge is 0.460 e. The normalized spacial score (nSPS) is 17.0. The summed E-state index contributed by atoms with van der Waals surface area (Å²) in [6.45, 7) is 1.88. The number of rotatable bonds is 10. The van der Waals surface area contributed by atoms with Crippen LogP contribution in [0, 0.1) is 0 Å². The first-order valence-electron chi connectivity index (χ1n) is 7.17. The fraction of sp³-hybridized carbons (Fsp3) is 1.00. The van der Waals surface area contributed by atoms with Crippen molar-refractivity contribution in [2.45, 2.75) is 80.8 Å². The Kier molecular flexibility index (Phi) is 7.79. The van der Waals surface area contributed by atoms with Crippen LogP contribution in [0.25, 0.3) is 0 Å². The second kappa shape index (κ2) is 7.90. The SMILES string of the molecule is CCCCCCCCC(F)(S)C(F)(F)C(F)(F)C(F)(F)C(F)(F)F. The molecular weight excluding hydrogens is 378 g/mol. The number of unbranched alkanes of at least 4 members (excludes halogenated alkanes) is 5. The van der Waals surface area contributed by atoms with Gasteiger partial charge in [0.2, 0.25) is 5.00 Å². The third kappa shape index (κ3) is 4.63. The zero-order valence-electron chi connectivity index (χ0n) is 12.7. The summed E-state index contributed by atoms with van der Waals surface area (Å²) in [5.41, 5.74) is 0. The number of hydrogen-bond acceptors (Lipinski definition) is 1. The van der Waals surface area contributed by atoms with Crippen LogP contribution in [-0.4, -0.2) is 28.9 Å². The molecule has 0 nitrogen and oxygen atoms in total. The Labute approximate surface area is 138 Å². The van der Waals surface area contributed by atoms with E-state index in [1.165, 1.54) is 0 Å². The van der Waals surface area contributed by atoms with Gasteiger partial charge in [0.05, 0.1) is 0 Å². The summed E-state index contributed by atoms with van der Waals surface area (Å²) in [4.78, 5) is 0. The van der Waals surface area contributed by atoms with Crippen LogP contribution in [0.1, 0.15) is 51.9 Å². The van der Waals surface area contributed by atoms with Crippen LogP contribution in [-0.2, 0) is 0 Å². The molecule has 146 valence electrons. The lowest BCUT2D eigenvalue weighted by molar-refractivity contribution is -0.405. The molecule has 0 fully saturated rings. The predicted molar refractivity (Wildman–Crippen MR) is 71.7 cm³/mol. The molecule has 0 radical (unpaired) electrons. The van der Waals surface area contributed by atoms with Gasteiger partial charge in [-0.2, -0.15) is 39.5 Å². The molecule has 0 aliphatic carbocycles. The third-order valence-electron chi connectivity index (χ3n) is 3.49. The lowest BCUT2D eigenvalue weighted by atomic mass is 9.95. The van der Waals surface area contributed by atoms with Crippen LogP contribution in [0.3, 0.4) is 0 Å². The molecule has 0 spiro atoms. The highest BCUT2D eigenvalue weighted by atomic mass is 32.1. The molecule has 1 unspecified atom stereocenters. The Morgan fingerprint density at radius 3 is 1.42 bits per heavy atom. The smallest absolute Gasteiger partial charge is 0.225 e. The molecule has 0 aromatic carbocycles. The first-order valence-corrected chi connectivity index (χ1v) is 7.62. The molecular formula is C13H18F10S. The Hall–Kier alpha value is -0.350. The van der Waals surface area contributed by atoms with Gasteiger partial charge in [-0.15, -0.1) is 12.6 Å². The zero-order valence-corrected chi connectivity index (χ0v) is 13.6. The van der Waals surface area contributed by atoms with Gasteiger partial charge in [0, 0.05) is 0 Å². The van der Waals surface area contributed by atoms with Crippen LogP contribution in [0.2, 0.25) is 0 Å². The molecule has 1 atom stereocenters. The van der Waals surface area contributed by atoms with E-state index >= 15 is 0 Å². The van der Waals surface area contributed by atoms with Crippen molar-refractivity contribution in [2.24, 2.45) is 0 Å². The highest BCUT2D eigenvalue weighted by molar-refractivity contribution is 7.81. The van der Waals surface area contributed by atoms with E-state index in [2.05, 4.69) is 12.6 Å². The van der Waals surface area contributed by atoms with Crippen molar-refractivity contribution in [1.29, 1.82) is 0 Å². The second-order valence-corrected chi connectivity index (χ2v) is 6.21. The van der Waals surface area contributed by atoms with Gasteiger partial charge in [0.1, 0.15) is 0 Å². The van der Waals surface area contributed by atoms with Gasteiger partial charge in [-0.3, -0.25) is 0 Å². The molecule has 0 saturated carbocycles. The molecule has 0 rings (SSSR count). The first kappa shape index (κ1) is 23.6. The van der Waals surface area contributed by atoms with Gasteiger partial charge in [0.15, 0.2) is 0 Å². The van der Waals surface area contributed by atoms with E-state index in [0.29, 0.717) is 12.8 Å². The van der Waals surface area contributed by atoms with E-state index in [1.807, 2.05) is 6.92 Å². The van der Waals surface area contributed by atoms with E-state index in [0.717, 1.165) is 12.8 Å². The maximum Gasteiger partial charge on any atom is 0.460 e. The minimum atomic E-state index is -7.11. The summed E-state index contributed by atoms with van der Waals surface area (Å²) in [6, 6.07) is 0. The predicted octanol–water partition coefficient (Wildman–Crippen LogP) is 6.80. The summed E-state index contributed by atoms with van der Waals surface area (Å²) in [5, 5.41) is -4.52. The second-order valence-electron chi connectivity index (χ2n) is 5.50. The summed E-state index contributed by atoms with van der Waals surface area (Å²) < 4.78 is 128. The quantitative estimate of drug-likeness (QED) is 0.234. The van der Waals surface area contributed by atoms with Crippen molar-refractivity contribution in [3.8, 4) is 0 Å². The maximum atomic E-state index is 13.8. The van der Waals surface area contributed by atoms with E-state index in [-0.39, 0.29) is 6.42 Å².